The van der Waals surface area contributed by atoms with E-state index in [4.69, 9.17) is 9.26 Å². The third-order valence-corrected chi connectivity index (χ3v) is 4.69. The molecule has 29 heavy (non-hydrogen) atoms. The highest BCUT2D eigenvalue weighted by Crippen LogP contribution is 2.28. The Labute approximate surface area is 168 Å². The Hall–Kier alpha value is -3.61. The monoisotopic (exact) mass is 390 g/mol. The molecule has 0 saturated heterocycles. The molecule has 0 bridgehead atoms. The van der Waals surface area contributed by atoms with Gasteiger partial charge in [-0.1, -0.05) is 35.5 Å². The fourth-order valence-electron chi connectivity index (χ4n) is 3.33. The fraction of sp³-hybridized carbons (Fsp3) is 0.227. The molecular formula is C22H22N4O3. The lowest BCUT2D eigenvalue weighted by atomic mass is 10.0. The van der Waals surface area contributed by atoms with Gasteiger partial charge >= 0.3 is 0 Å². The highest BCUT2D eigenvalue weighted by Gasteiger charge is 2.18. The number of hydrogen-bond donors (Lipinski definition) is 1. The van der Waals surface area contributed by atoms with Crippen molar-refractivity contribution >= 4 is 16.7 Å². The number of rotatable bonds is 7. The standard InChI is InChI=1S/C22H22N4O3/c1-3-26-13-7-10-17(26)21-24-19(29-25-21)14-23-22(27)20-16-9-6-5-8-15(16)11-12-18(20)28-4-2/h5-13H,3-4,14H2,1-2H3,(H,23,27). The SMILES string of the molecule is CCOc1ccc2ccccc2c1C(=O)NCc1nc(-c2cccn2CC)no1. The first-order valence-corrected chi connectivity index (χ1v) is 9.62. The summed E-state index contributed by atoms with van der Waals surface area (Å²) in [7, 11) is 0. The first-order chi connectivity index (χ1) is 14.2. The zero-order valence-corrected chi connectivity index (χ0v) is 16.4. The van der Waals surface area contributed by atoms with Crippen LogP contribution in [0.2, 0.25) is 0 Å². The van der Waals surface area contributed by atoms with Crippen molar-refractivity contribution in [1.29, 1.82) is 0 Å². The normalized spacial score (nSPS) is 11.0. The summed E-state index contributed by atoms with van der Waals surface area (Å²) < 4.78 is 13.0. The van der Waals surface area contributed by atoms with Gasteiger partial charge in [-0.2, -0.15) is 4.98 Å². The second kappa shape index (κ2) is 8.18. The number of fused-ring (bicyclic) bond motifs is 1. The van der Waals surface area contributed by atoms with Crippen molar-refractivity contribution in [3.8, 4) is 17.3 Å². The summed E-state index contributed by atoms with van der Waals surface area (Å²) in [5, 5.41) is 8.71. The van der Waals surface area contributed by atoms with E-state index in [1.807, 2.05) is 73.1 Å². The maximum atomic E-state index is 13.0. The van der Waals surface area contributed by atoms with Gasteiger partial charge in [-0.15, -0.1) is 0 Å². The van der Waals surface area contributed by atoms with Crippen molar-refractivity contribution in [2.45, 2.75) is 26.9 Å². The minimum atomic E-state index is -0.248. The summed E-state index contributed by atoms with van der Waals surface area (Å²) in [6.07, 6.45) is 1.96. The number of carbonyl (C=O) groups excluding carboxylic acids is 1. The van der Waals surface area contributed by atoms with E-state index in [0.29, 0.717) is 29.6 Å². The van der Waals surface area contributed by atoms with Crippen LogP contribution in [0.15, 0.2) is 59.3 Å². The van der Waals surface area contributed by atoms with Gasteiger partial charge in [0, 0.05) is 12.7 Å². The Morgan fingerprint density at radius 2 is 2.00 bits per heavy atom. The van der Waals surface area contributed by atoms with Crippen LogP contribution < -0.4 is 10.1 Å². The van der Waals surface area contributed by atoms with Crippen LogP contribution in [0.3, 0.4) is 0 Å². The third-order valence-electron chi connectivity index (χ3n) is 4.69. The van der Waals surface area contributed by atoms with Gasteiger partial charge in [0.25, 0.3) is 5.91 Å². The summed E-state index contributed by atoms with van der Waals surface area (Å²) in [5.74, 6) is 1.15. The highest BCUT2D eigenvalue weighted by molar-refractivity contribution is 6.09. The number of benzene rings is 2. The molecule has 148 valence electrons. The summed E-state index contributed by atoms with van der Waals surface area (Å²) in [4.78, 5) is 17.4. The van der Waals surface area contributed by atoms with Crippen LogP contribution >= 0.6 is 0 Å². The lowest BCUT2D eigenvalue weighted by molar-refractivity contribution is 0.0944. The molecule has 2 aromatic heterocycles. The van der Waals surface area contributed by atoms with Gasteiger partial charge in [0.05, 0.1) is 24.4 Å². The second-order valence-corrected chi connectivity index (χ2v) is 6.47. The van der Waals surface area contributed by atoms with E-state index in [-0.39, 0.29) is 12.5 Å². The van der Waals surface area contributed by atoms with Gasteiger partial charge in [0.15, 0.2) is 0 Å². The van der Waals surface area contributed by atoms with E-state index in [1.54, 1.807) is 0 Å². The molecule has 2 heterocycles. The van der Waals surface area contributed by atoms with Crippen LogP contribution in [0.4, 0.5) is 0 Å². The molecule has 0 aliphatic rings. The molecule has 2 aromatic carbocycles. The van der Waals surface area contributed by atoms with Gasteiger partial charge in [-0.3, -0.25) is 4.79 Å². The topological polar surface area (TPSA) is 82.2 Å². The van der Waals surface area contributed by atoms with Crippen molar-refractivity contribution in [2.24, 2.45) is 0 Å². The molecule has 0 fully saturated rings. The van der Waals surface area contributed by atoms with Crippen LogP contribution in [0.1, 0.15) is 30.1 Å². The van der Waals surface area contributed by atoms with E-state index < -0.39 is 0 Å². The lowest BCUT2D eigenvalue weighted by Crippen LogP contribution is -2.24. The van der Waals surface area contributed by atoms with Gasteiger partial charge in [0.2, 0.25) is 11.7 Å². The third kappa shape index (κ3) is 3.71. The zero-order valence-electron chi connectivity index (χ0n) is 16.4. The van der Waals surface area contributed by atoms with Crippen molar-refractivity contribution in [3.63, 3.8) is 0 Å². The molecule has 7 nitrogen and oxygen atoms in total. The number of carbonyl (C=O) groups is 1. The van der Waals surface area contributed by atoms with Gasteiger partial charge in [-0.25, -0.2) is 0 Å². The van der Waals surface area contributed by atoms with Crippen LogP contribution in [-0.2, 0) is 13.1 Å². The van der Waals surface area contributed by atoms with Gasteiger partial charge in [0.1, 0.15) is 5.75 Å². The van der Waals surface area contributed by atoms with Crippen LogP contribution in [0.25, 0.3) is 22.3 Å². The Kier molecular flexibility index (Phi) is 5.29. The summed E-state index contributed by atoms with van der Waals surface area (Å²) in [6.45, 7) is 5.36. The van der Waals surface area contributed by atoms with E-state index in [2.05, 4.69) is 15.5 Å². The molecule has 0 aliphatic heterocycles. The molecule has 0 aliphatic carbocycles. The molecule has 0 radical (unpaired) electrons. The smallest absolute Gasteiger partial charge is 0.256 e. The first kappa shape index (κ1) is 18.7. The largest absolute Gasteiger partial charge is 0.493 e. The number of ether oxygens (including phenoxy) is 1. The minimum absolute atomic E-state index is 0.132. The van der Waals surface area contributed by atoms with Gasteiger partial charge in [-0.05, 0) is 42.8 Å². The molecule has 0 saturated carbocycles. The average Bonchev–Trinajstić information content (AvgIpc) is 3.41. The van der Waals surface area contributed by atoms with Crippen molar-refractivity contribution in [1.82, 2.24) is 20.0 Å². The van der Waals surface area contributed by atoms with Crippen molar-refractivity contribution in [2.75, 3.05) is 6.61 Å². The molecule has 0 spiro atoms. The number of nitrogens with zero attached hydrogens (tertiary/aromatic N) is 3. The number of aryl methyl sites for hydroxylation is 1. The molecule has 0 unspecified atom stereocenters. The maximum Gasteiger partial charge on any atom is 0.256 e. The van der Waals surface area contributed by atoms with Crippen LogP contribution in [-0.4, -0.2) is 27.2 Å². The summed E-state index contributed by atoms with van der Waals surface area (Å²) in [6, 6.07) is 15.4. The minimum Gasteiger partial charge on any atom is -0.493 e. The van der Waals surface area contributed by atoms with Gasteiger partial charge < -0.3 is 19.1 Å². The zero-order chi connectivity index (χ0) is 20.2. The first-order valence-electron chi connectivity index (χ1n) is 9.62. The summed E-state index contributed by atoms with van der Waals surface area (Å²) in [5.41, 5.74) is 1.38. The maximum absolute atomic E-state index is 13.0. The highest BCUT2D eigenvalue weighted by atomic mass is 16.5. The van der Waals surface area contributed by atoms with E-state index in [0.717, 1.165) is 23.0 Å². The molecule has 0 atom stereocenters. The quantitative estimate of drug-likeness (QED) is 0.515. The fourth-order valence-corrected chi connectivity index (χ4v) is 3.33. The molecular weight excluding hydrogens is 368 g/mol. The number of aromatic nitrogens is 3. The number of hydrogen-bond acceptors (Lipinski definition) is 5. The van der Waals surface area contributed by atoms with Crippen LogP contribution in [0.5, 0.6) is 5.75 Å². The second-order valence-electron chi connectivity index (χ2n) is 6.47. The average molecular weight is 390 g/mol. The molecule has 4 aromatic rings. The van der Waals surface area contributed by atoms with E-state index in [9.17, 15) is 4.79 Å². The Morgan fingerprint density at radius 1 is 1.14 bits per heavy atom. The Bertz CT molecular complexity index is 1150. The lowest BCUT2D eigenvalue weighted by Gasteiger charge is -2.13. The van der Waals surface area contributed by atoms with E-state index in [1.165, 1.54) is 0 Å². The predicted molar refractivity (Wildman–Crippen MR) is 110 cm³/mol. The Balaban J connectivity index is 1.56. The molecule has 7 heteroatoms. The predicted octanol–water partition coefficient (Wildman–Crippen LogP) is 4.04. The van der Waals surface area contributed by atoms with E-state index >= 15 is 0 Å². The molecule has 1 amide bonds. The molecule has 1 N–H and O–H groups in total. The number of amides is 1. The summed E-state index contributed by atoms with van der Waals surface area (Å²) >= 11 is 0. The van der Waals surface area contributed by atoms with Crippen LogP contribution in [0, 0.1) is 0 Å². The molecule has 4 rings (SSSR count). The number of nitrogens with one attached hydrogen (secondary N) is 1. The van der Waals surface area contributed by atoms with Crippen molar-refractivity contribution < 1.29 is 14.1 Å². The Morgan fingerprint density at radius 3 is 2.83 bits per heavy atom. The van der Waals surface area contributed by atoms with Crippen molar-refractivity contribution in [3.05, 3.63) is 66.2 Å².